The van der Waals surface area contributed by atoms with Crippen LogP contribution in [-0.4, -0.2) is 30.7 Å². The molecule has 0 unspecified atom stereocenters. The van der Waals surface area contributed by atoms with Gasteiger partial charge in [-0.1, -0.05) is 11.3 Å². The van der Waals surface area contributed by atoms with E-state index < -0.39 is 15.7 Å². The minimum atomic E-state index is -3.96. The van der Waals surface area contributed by atoms with Crippen molar-refractivity contribution in [1.82, 2.24) is 4.98 Å². The van der Waals surface area contributed by atoms with Crippen LogP contribution in [0, 0.1) is 0 Å². The number of hydrogen-bond donors (Lipinski definition) is 3. The normalized spacial score (nSPS) is 12.3. The molecule has 2 aromatic carbocycles. The maximum Gasteiger partial charge on any atom is 0.339 e. The smallest absolute Gasteiger partial charge is 0.339 e. The minimum Gasteiger partial charge on any atom is -0.389 e. The summed E-state index contributed by atoms with van der Waals surface area (Å²) in [4.78, 5) is 4.16. The van der Waals surface area contributed by atoms with Crippen molar-refractivity contribution in [3.8, 4) is 5.75 Å². The van der Waals surface area contributed by atoms with Gasteiger partial charge in [0, 0.05) is 18.3 Å². The van der Waals surface area contributed by atoms with Crippen molar-refractivity contribution in [2.45, 2.75) is 24.3 Å². The lowest BCUT2D eigenvalue weighted by Crippen LogP contribution is -2.29. The summed E-state index contributed by atoms with van der Waals surface area (Å²) in [6.45, 7) is 3.70. The summed E-state index contributed by atoms with van der Waals surface area (Å²) < 4.78 is 30.9. The molecule has 0 aliphatic heterocycles. The number of nitrogens with one attached hydrogen (secondary N) is 1. The molecule has 1 heterocycles. The fourth-order valence-corrected chi connectivity index (χ4v) is 3.89. The fraction of sp³-hybridized carbons (Fsp3) is 0.235. The Bertz CT molecular complexity index is 1020. The van der Waals surface area contributed by atoms with Gasteiger partial charge in [0.05, 0.1) is 15.8 Å². The van der Waals surface area contributed by atoms with Crippen LogP contribution < -0.4 is 15.2 Å². The minimum absolute atomic E-state index is 0.0372. The van der Waals surface area contributed by atoms with Gasteiger partial charge in [0.15, 0.2) is 5.13 Å². The molecule has 138 valence electrons. The Morgan fingerprint density at radius 1 is 1.23 bits per heavy atom. The van der Waals surface area contributed by atoms with E-state index >= 15 is 0 Å². The number of hydrogen-bond acceptors (Lipinski definition) is 8. The number of rotatable bonds is 6. The van der Waals surface area contributed by atoms with Gasteiger partial charge < -0.3 is 20.3 Å². The van der Waals surface area contributed by atoms with Crippen LogP contribution in [0.4, 0.5) is 10.8 Å². The van der Waals surface area contributed by atoms with Gasteiger partial charge in [-0.3, -0.25) is 0 Å². The Morgan fingerprint density at radius 3 is 2.58 bits per heavy atom. The molecule has 9 heteroatoms. The third-order valence-electron chi connectivity index (χ3n) is 3.45. The van der Waals surface area contributed by atoms with Crippen molar-refractivity contribution in [3.63, 3.8) is 0 Å². The first kappa shape index (κ1) is 18.4. The second-order valence-corrected chi connectivity index (χ2v) is 9.02. The number of aliphatic hydroxyl groups is 1. The van der Waals surface area contributed by atoms with Gasteiger partial charge in [-0.2, -0.15) is 8.42 Å². The Balaban J connectivity index is 1.76. The van der Waals surface area contributed by atoms with Crippen molar-refractivity contribution >= 4 is 42.5 Å². The second-order valence-electron chi connectivity index (χ2n) is 6.41. The first-order valence-electron chi connectivity index (χ1n) is 7.79. The fourth-order valence-electron chi connectivity index (χ4n) is 2.21. The lowest BCUT2D eigenvalue weighted by atomic mass is 10.1. The number of fused-ring (bicyclic) bond motifs is 1. The SMILES string of the molecule is CC(C)(O)CNc1ccc(S(=O)(=O)Oc2ccc3nc(N)sc3c2)cc1. The summed E-state index contributed by atoms with van der Waals surface area (Å²) in [7, 11) is -3.96. The summed E-state index contributed by atoms with van der Waals surface area (Å²) in [6.07, 6.45) is 0. The highest BCUT2D eigenvalue weighted by Crippen LogP contribution is 2.29. The van der Waals surface area contributed by atoms with Crippen LogP contribution >= 0.6 is 11.3 Å². The number of aromatic nitrogens is 1. The number of nitrogens with zero attached hydrogens (tertiary/aromatic N) is 1. The highest BCUT2D eigenvalue weighted by molar-refractivity contribution is 7.87. The van der Waals surface area contributed by atoms with E-state index in [9.17, 15) is 13.5 Å². The lowest BCUT2D eigenvalue weighted by Gasteiger charge is -2.18. The van der Waals surface area contributed by atoms with Crippen LogP contribution in [0.15, 0.2) is 47.4 Å². The molecular formula is C17H19N3O4S2. The summed E-state index contributed by atoms with van der Waals surface area (Å²) in [6, 6.07) is 10.9. The van der Waals surface area contributed by atoms with E-state index in [0.29, 0.717) is 22.9 Å². The monoisotopic (exact) mass is 393 g/mol. The third kappa shape index (κ3) is 4.43. The maximum atomic E-state index is 12.5. The van der Waals surface area contributed by atoms with Crippen LogP contribution in [0.25, 0.3) is 10.2 Å². The maximum absolute atomic E-state index is 12.5. The van der Waals surface area contributed by atoms with E-state index in [1.807, 2.05) is 0 Å². The van der Waals surface area contributed by atoms with Crippen molar-refractivity contribution in [3.05, 3.63) is 42.5 Å². The van der Waals surface area contributed by atoms with Gasteiger partial charge >= 0.3 is 10.1 Å². The molecule has 0 saturated heterocycles. The first-order chi connectivity index (χ1) is 12.1. The van der Waals surface area contributed by atoms with Crippen LogP contribution in [0.1, 0.15) is 13.8 Å². The molecule has 0 spiro atoms. The van der Waals surface area contributed by atoms with Crippen molar-refractivity contribution in [2.24, 2.45) is 0 Å². The zero-order valence-corrected chi connectivity index (χ0v) is 15.9. The summed E-state index contributed by atoms with van der Waals surface area (Å²) in [5, 5.41) is 13.2. The molecule has 0 radical (unpaired) electrons. The lowest BCUT2D eigenvalue weighted by molar-refractivity contribution is 0.0945. The van der Waals surface area contributed by atoms with Crippen molar-refractivity contribution in [2.75, 3.05) is 17.6 Å². The number of nitrogen functional groups attached to an aromatic ring is 1. The van der Waals surface area contributed by atoms with Crippen LogP contribution in [-0.2, 0) is 10.1 Å². The Hall–Kier alpha value is -2.36. The van der Waals surface area contributed by atoms with Crippen LogP contribution in [0.3, 0.4) is 0 Å². The average molecular weight is 393 g/mol. The van der Waals surface area contributed by atoms with Crippen molar-refractivity contribution < 1.29 is 17.7 Å². The second kappa shape index (κ2) is 6.75. The molecule has 0 fully saturated rings. The van der Waals surface area contributed by atoms with E-state index in [1.54, 1.807) is 38.1 Å². The average Bonchev–Trinajstić information content (AvgIpc) is 2.91. The topological polar surface area (TPSA) is 115 Å². The van der Waals surface area contributed by atoms with E-state index in [0.717, 1.165) is 4.70 Å². The van der Waals surface area contributed by atoms with E-state index in [4.69, 9.17) is 9.92 Å². The third-order valence-corrected chi connectivity index (χ3v) is 5.56. The summed E-state index contributed by atoms with van der Waals surface area (Å²) in [5.41, 5.74) is 6.18. The van der Waals surface area contributed by atoms with Gasteiger partial charge in [-0.05, 0) is 50.2 Å². The van der Waals surface area contributed by atoms with E-state index in [2.05, 4.69) is 10.3 Å². The molecule has 26 heavy (non-hydrogen) atoms. The molecule has 3 aromatic rings. The quantitative estimate of drug-likeness (QED) is 0.552. The molecule has 1 aromatic heterocycles. The van der Waals surface area contributed by atoms with Gasteiger partial charge in [-0.25, -0.2) is 4.98 Å². The zero-order valence-electron chi connectivity index (χ0n) is 14.3. The molecule has 0 aliphatic carbocycles. The van der Waals surface area contributed by atoms with E-state index in [-0.39, 0.29) is 10.6 Å². The molecule has 0 atom stereocenters. The molecule has 0 saturated carbocycles. The Morgan fingerprint density at radius 2 is 1.92 bits per heavy atom. The standard InChI is InChI=1S/C17H19N3O4S2/c1-17(2,21)10-19-11-3-6-13(7-4-11)26(22,23)24-12-5-8-14-15(9-12)25-16(18)20-14/h3-9,19,21H,10H2,1-2H3,(H2,18,20). The molecular weight excluding hydrogens is 374 g/mol. The highest BCUT2D eigenvalue weighted by Gasteiger charge is 2.18. The molecule has 7 nitrogen and oxygen atoms in total. The number of nitrogens with two attached hydrogens (primary N) is 1. The van der Waals surface area contributed by atoms with Crippen molar-refractivity contribution in [1.29, 1.82) is 0 Å². The summed E-state index contributed by atoms with van der Waals surface area (Å²) in [5.74, 6) is 0.199. The Kier molecular flexibility index (Phi) is 4.78. The molecule has 0 aliphatic rings. The number of anilines is 2. The highest BCUT2D eigenvalue weighted by atomic mass is 32.2. The first-order valence-corrected chi connectivity index (χ1v) is 10.0. The summed E-state index contributed by atoms with van der Waals surface area (Å²) >= 11 is 1.26. The largest absolute Gasteiger partial charge is 0.389 e. The van der Waals surface area contributed by atoms with Crippen LogP contribution in [0.2, 0.25) is 0 Å². The Labute approximate surface area is 155 Å². The van der Waals surface area contributed by atoms with Gasteiger partial charge in [0.1, 0.15) is 10.6 Å². The molecule has 3 rings (SSSR count). The van der Waals surface area contributed by atoms with E-state index in [1.165, 1.54) is 29.5 Å². The molecule has 0 bridgehead atoms. The predicted molar refractivity (Wildman–Crippen MR) is 103 cm³/mol. The number of benzene rings is 2. The van der Waals surface area contributed by atoms with Gasteiger partial charge in [-0.15, -0.1) is 0 Å². The van der Waals surface area contributed by atoms with Crippen LogP contribution in [0.5, 0.6) is 5.75 Å². The molecule has 4 N–H and O–H groups in total. The number of thiazole rings is 1. The van der Waals surface area contributed by atoms with Gasteiger partial charge in [0.25, 0.3) is 0 Å². The zero-order chi connectivity index (χ0) is 18.9. The van der Waals surface area contributed by atoms with Gasteiger partial charge in [0.2, 0.25) is 0 Å². The molecule has 0 amide bonds. The predicted octanol–water partition coefficient (Wildman–Crippen LogP) is 2.83.